The maximum atomic E-state index is 5.25. The topological polar surface area (TPSA) is 53.5 Å². The van der Waals surface area contributed by atoms with E-state index in [0.717, 1.165) is 66.1 Å². The van der Waals surface area contributed by atoms with Gasteiger partial charge in [-0.15, -0.1) is 0 Å². The van der Waals surface area contributed by atoms with Crippen molar-refractivity contribution >= 4 is 65.4 Å². The van der Waals surface area contributed by atoms with E-state index in [1.165, 1.54) is 21.8 Å². The van der Waals surface area contributed by atoms with Gasteiger partial charge in [-0.3, -0.25) is 4.57 Å². The third-order valence-electron chi connectivity index (χ3n) is 11.3. The highest BCUT2D eigenvalue weighted by Crippen LogP contribution is 2.43. The van der Waals surface area contributed by atoms with Crippen molar-refractivity contribution in [3.8, 4) is 40.1 Å². The Hall–Kier alpha value is -7.83. The van der Waals surface area contributed by atoms with Crippen molar-refractivity contribution in [2.45, 2.75) is 0 Å². The van der Waals surface area contributed by atoms with Crippen LogP contribution in [0.2, 0.25) is 0 Å². The maximum absolute atomic E-state index is 5.25. The van der Waals surface area contributed by atoms with Gasteiger partial charge in [-0.2, -0.15) is 9.97 Å². The molecule has 12 rings (SSSR count). The lowest BCUT2D eigenvalue weighted by Crippen LogP contribution is -2.06. The first-order valence-electron chi connectivity index (χ1n) is 19.2. The quantitative estimate of drug-likeness (QED) is 0.177. The van der Waals surface area contributed by atoms with Gasteiger partial charge in [0, 0.05) is 54.8 Å². The van der Waals surface area contributed by atoms with Crippen LogP contribution in [0.5, 0.6) is 0 Å². The molecule has 8 aromatic carbocycles. The summed E-state index contributed by atoms with van der Waals surface area (Å²) in [6, 6.07) is 68.4. The van der Waals surface area contributed by atoms with Crippen LogP contribution in [-0.4, -0.2) is 28.7 Å². The van der Waals surface area contributed by atoms with Gasteiger partial charge < -0.3 is 9.13 Å². The van der Waals surface area contributed by atoms with Crippen LogP contribution in [0.3, 0.4) is 0 Å². The Bertz CT molecular complexity index is 3450. The van der Waals surface area contributed by atoms with Crippen molar-refractivity contribution < 1.29 is 0 Å². The summed E-state index contributed by atoms with van der Waals surface area (Å²) >= 11 is 0. The molecule has 0 aliphatic heterocycles. The lowest BCUT2D eigenvalue weighted by atomic mass is 10.1. The molecule has 4 heterocycles. The summed E-state index contributed by atoms with van der Waals surface area (Å²) in [5, 5.41) is 7.03. The fraction of sp³-hybridized carbons (Fsp3) is 0. The van der Waals surface area contributed by atoms with Gasteiger partial charge in [0.2, 0.25) is 5.95 Å². The van der Waals surface area contributed by atoms with E-state index < -0.39 is 0 Å². The van der Waals surface area contributed by atoms with Crippen LogP contribution in [0.1, 0.15) is 0 Å². The number of hydrogen-bond acceptors (Lipinski definition) is 3. The number of fused-ring (bicyclic) bond motifs is 10. The minimum Gasteiger partial charge on any atom is -0.309 e. The summed E-state index contributed by atoms with van der Waals surface area (Å²) in [7, 11) is 0. The van der Waals surface area contributed by atoms with Crippen LogP contribution in [0, 0.1) is 0 Å². The standard InChI is InChI=1S/C51H32N6/c1-4-16-33(17-5-1)49-52-50(34-18-6-2-7-19-34)54-51(53-49)57-43-26-14-10-22-37(43)39-29-31-46-47(48(39)57)40-24-12-15-27-44(40)56(46)36-28-30-45-41(32-36)38-23-11-13-25-42(38)55(45)35-20-8-3-9-21-35/h1-32H. The first-order chi connectivity index (χ1) is 28.3. The van der Waals surface area contributed by atoms with Crippen molar-refractivity contribution in [2.24, 2.45) is 0 Å². The van der Waals surface area contributed by atoms with Gasteiger partial charge in [0.25, 0.3) is 0 Å². The Labute approximate surface area is 327 Å². The smallest absolute Gasteiger partial charge is 0.238 e. The lowest BCUT2D eigenvalue weighted by Gasteiger charge is -2.12. The highest BCUT2D eigenvalue weighted by atomic mass is 15.2. The molecule has 0 aliphatic rings. The zero-order chi connectivity index (χ0) is 37.5. The molecule has 0 bridgehead atoms. The van der Waals surface area contributed by atoms with E-state index in [4.69, 9.17) is 15.0 Å². The van der Waals surface area contributed by atoms with Gasteiger partial charge in [0.1, 0.15) is 0 Å². The summed E-state index contributed by atoms with van der Waals surface area (Å²) in [5.74, 6) is 1.83. The van der Waals surface area contributed by atoms with E-state index in [1.54, 1.807) is 0 Å². The number of para-hydroxylation sites is 4. The molecule has 0 fully saturated rings. The van der Waals surface area contributed by atoms with E-state index in [0.29, 0.717) is 17.6 Å². The summed E-state index contributed by atoms with van der Waals surface area (Å²) in [4.78, 5) is 15.5. The normalized spacial score (nSPS) is 11.9. The Morgan fingerprint density at radius 1 is 0.298 bits per heavy atom. The Morgan fingerprint density at radius 2 is 0.772 bits per heavy atom. The molecular weight excluding hydrogens is 697 g/mol. The summed E-state index contributed by atoms with van der Waals surface area (Å²) in [5.41, 5.74) is 10.8. The monoisotopic (exact) mass is 728 g/mol. The number of hydrogen-bond donors (Lipinski definition) is 0. The van der Waals surface area contributed by atoms with Crippen LogP contribution in [-0.2, 0) is 0 Å². The molecule has 6 nitrogen and oxygen atoms in total. The van der Waals surface area contributed by atoms with Crippen LogP contribution in [0.15, 0.2) is 194 Å². The van der Waals surface area contributed by atoms with E-state index in [-0.39, 0.29) is 0 Å². The molecule has 0 aliphatic carbocycles. The second-order valence-corrected chi connectivity index (χ2v) is 14.5. The Balaban J connectivity index is 1.18. The van der Waals surface area contributed by atoms with Crippen molar-refractivity contribution in [3.63, 3.8) is 0 Å². The lowest BCUT2D eigenvalue weighted by molar-refractivity contribution is 0.955. The highest BCUT2D eigenvalue weighted by molar-refractivity contribution is 6.26. The number of rotatable bonds is 5. The van der Waals surface area contributed by atoms with Gasteiger partial charge in [-0.1, -0.05) is 140 Å². The Kier molecular flexibility index (Phi) is 6.83. The zero-order valence-electron chi connectivity index (χ0n) is 30.7. The fourth-order valence-electron chi connectivity index (χ4n) is 8.85. The van der Waals surface area contributed by atoms with Gasteiger partial charge in [0.05, 0.1) is 33.1 Å². The summed E-state index contributed by atoms with van der Waals surface area (Å²) < 4.78 is 7.03. The molecule has 0 radical (unpaired) electrons. The first-order valence-corrected chi connectivity index (χ1v) is 19.2. The number of nitrogens with zero attached hydrogens (tertiary/aromatic N) is 6. The Morgan fingerprint density at radius 3 is 1.42 bits per heavy atom. The van der Waals surface area contributed by atoms with Crippen molar-refractivity contribution in [1.82, 2.24) is 28.7 Å². The van der Waals surface area contributed by atoms with Gasteiger partial charge in [-0.05, 0) is 54.6 Å². The second kappa shape index (κ2) is 12.3. The minimum absolute atomic E-state index is 0.577. The van der Waals surface area contributed by atoms with Crippen molar-refractivity contribution in [1.29, 1.82) is 0 Å². The molecule has 266 valence electrons. The van der Waals surface area contributed by atoms with Gasteiger partial charge in [-0.25, -0.2) is 4.98 Å². The molecule has 0 saturated carbocycles. The second-order valence-electron chi connectivity index (χ2n) is 14.5. The molecule has 6 heteroatoms. The van der Waals surface area contributed by atoms with Crippen molar-refractivity contribution in [2.75, 3.05) is 0 Å². The van der Waals surface area contributed by atoms with Gasteiger partial charge >= 0.3 is 0 Å². The fourth-order valence-corrected chi connectivity index (χ4v) is 8.85. The van der Waals surface area contributed by atoms with E-state index in [9.17, 15) is 0 Å². The molecule has 4 aromatic heterocycles. The van der Waals surface area contributed by atoms with Crippen LogP contribution in [0.25, 0.3) is 106 Å². The van der Waals surface area contributed by atoms with E-state index in [2.05, 4.69) is 171 Å². The van der Waals surface area contributed by atoms with Crippen molar-refractivity contribution in [3.05, 3.63) is 194 Å². The third-order valence-corrected chi connectivity index (χ3v) is 11.3. The predicted molar refractivity (Wildman–Crippen MR) is 234 cm³/mol. The summed E-state index contributed by atoms with van der Waals surface area (Å²) in [6.07, 6.45) is 0. The minimum atomic E-state index is 0.577. The molecule has 0 spiro atoms. The highest BCUT2D eigenvalue weighted by Gasteiger charge is 2.23. The van der Waals surface area contributed by atoms with Gasteiger partial charge in [0.15, 0.2) is 11.6 Å². The number of benzene rings is 8. The number of aromatic nitrogens is 6. The van der Waals surface area contributed by atoms with Crippen LogP contribution < -0.4 is 0 Å². The van der Waals surface area contributed by atoms with Crippen LogP contribution >= 0.6 is 0 Å². The van der Waals surface area contributed by atoms with Crippen LogP contribution in [0.4, 0.5) is 0 Å². The largest absolute Gasteiger partial charge is 0.309 e. The molecule has 0 unspecified atom stereocenters. The maximum Gasteiger partial charge on any atom is 0.238 e. The molecule has 57 heavy (non-hydrogen) atoms. The van der Waals surface area contributed by atoms with E-state index >= 15 is 0 Å². The molecule has 0 saturated heterocycles. The molecular formula is C51H32N6. The predicted octanol–water partition coefficient (Wildman–Crippen LogP) is 12.5. The SMILES string of the molecule is c1ccc(-c2nc(-c3ccccc3)nc(-n3c4ccccc4c4ccc5c(c6ccccc6n5-c5ccc6c(c5)c5ccccc5n6-c5ccccc5)c43)n2)cc1. The molecule has 0 amide bonds. The average Bonchev–Trinajstić information content (AvgIpc) is 3.92. The first kappa shape index (κ1) is 31.5. The molecule has 0 atom stereocenters. The van der Waals surface area contributed by atoms with E-state index in [1.807, 2.05) is 36.4 Å². The zero-order valence-corrected chi connectivity index (χ0v) is 30.7. The molecule has 12 aromatic rings. The third kappa shape index (κ3) is 4.74. The summed E-state index contributed by atoms with van der Waals surface area (Å²) in [6.45, 7) is 0. The average molecular weight is 729 g/mol. The molecule has 0 N–H and O–H groups in total.